The van der Waals surface area contributed by atoms with E-state index in [1.807, 2.05) is 32.0 Å². The molecule has 9 heteroatoms. The Kier molecular flexibility index (Phi) is 10.2. The molecule has 1 unspecified atom stereocenters. The van der Waals surface area contributed by atoms with Crippen molar-refractivity contribution in [1.82, 2.24) is 10.6 Å². The lowest BCUT2D eigenvalue weighted by Crippen LogP contribution is -2.47. The number of aryl methyl sites for hydroxylation is 1. The zero-order valence-corrected chi connectivity index (χ0v) is 21.1. The molecule has 1 atom stereocenters. The molecule has 0 bridgehead atoms. The first-order valence-corrected chi connectivity index (χ1v) is 11.6. The van der Waals surface area contributed by atoms with E-state index in [1.165, 1.54) is 6.26 Å². The molecule has 1 aromatic carbocycles. The number of sulfone groups is 1. The molecule has 0 amide bonds. The molecule has 2 N–H and O–H groups in total. The number of rotatable bonds is 8. The summed E-state index contributed by atoms with van der Waals surface area (Å²) in [7, 11) is -3.18. The van der Waals surface area contributed by atoms with Crippen molar-refractivity contribution < 1.29 is 17.9 Å². The SMILES string of the molecule is CCNC(=NCc1ccc(C)cc1OC1CCOC1)NCC(C)(C)S(C)(=O)=O.I. The minimum absolute atomic E-state index is 0. The number of guanidine groups is 1. The summed E-state index contributed by atoms with van der Waals surface area (Å²) in [6.45, 7) is 10.1. The average Bonchev–Trinajstić information content (AvgIpc) is 3.11. The molecule has 1 heterocycles. The van der Waals surface area contributed by atoms with Crippen molar-refractivity contribution in [3.8, 4) is 5.75 Å². The van der Waals surface area contributed by atoms with Gasteiger partial charge in [-0.1, -0.05) is 12.1 Å². The number of halogens is 1. The van der Waals surface area contributed by atoms with Crippen LogP contribution in [0.1, 0.15) is 38.3 Å². The third-order valence-electron chi connectivity index (χ3n) is 4.84. The summed E-state index contributed by atoms with van der Waals surface area (Å²) < 4.78 is 34.5. The molecule has 0 saturated carbocycles. The summed E-state index contributed by atoms with van der Waals surface area (Å²) >= 11 is 0. The van der Waals surface area contributed by atoms with Crippen LogP contribution in [0.3, 0.4) is 0 Å². The lowest BCUT2D eigenvalue weighted by molar-refractivity contribution is 0.140. The summed E-state index contributed by atoms with van der Waals surface area (Å²) in [6.07, 6.45) is 2.22. The minimum Gasteiger partial charge on any atom is -0.488 e. The Hall–Kier alpha value is -1.07. The maximum atomic E-state index is 11.9. The first-order chi connectivity index (χ1) is 13.1. The van der Waals surface area contributed by atoms with E-state index >= 15 is 0 Å². The molecule has 0 aromatic heterocycles. The third-order valence-corrected chi connectivity index (χ3v) is 6.99. The summed E-state index contributed by atoms with van der Waals surface area (Å²) in [4.78, 5) is 4.62. The van der Waals surface area contributed by atoms with Crippen LogP contribution in [0.2, 0.25) is 0 Å². The Morgan fingerprint density at radius 3 is 2.66 bits per heavy atom. The second kappa shape index (κ2) is 11.4. The van der Waals surface area contributed by atoms with E-state index in [4.69, 9.17) is 9.47 Å². The fraction of sp³-hybridized carbons (Fsp3) is 0.650. The van der Waals surface area contributed by atoms with Crippen LogP contribution in [0.4, 0.5) is 0 Å². The molecule has 0 radical (unpaired) electrons. The Morgan fingerprint density at radius 1 is 1.34 bits per heavy atom. The van der Waals surface area contributed by atoms with Crippen LogP contribution in [-0.4, -0.2) is 57.8 Å². The van der Waals surface area contributed by atoms with Gasteiger partial charge in [0.05, 0.1) is 24.5 Å². The molecule has 2 rings (SSSR count). The van der Waals surface area contributed by atoms with Crippen LogP contribution in [0.25, 0.3) is 0 Å². The predicted molar refractivity (Wildman–Crippen MR) is 128 cm³/mol. The van der Waals surface area contributed by atoms with Gasteiger partial charge in [-0.2, -0.15) is 0 Å². The highest BCUT2D eigenvalue weighted by Gasteiger charge is 2.30. The molecule has 1 fully saturated rings. The first-order valence-electron chi connectivity index (χ1n) is 9.68. The molecule has 1 saturated heterocycles. The fourth-order valence-electron chi connectivity index (χ4n) is 2.62. The zero-order valence-electron chi connectivity index (χ0n) is 17.9. The van der Waals surface area contributed by atoms with Crippen LogP contribution in [0.5, 0.6) is 5.75 Å². The van der Waals surface area contributed by atoms with Gasteiger partial charge in [0.15, 0.2) is 15.8 Å². The molecule has 0 spiro atoms. The van der Waals surface area contributed by atoms with Gasteiger partial charge in [0.1, 0.15) is 11.9 Å². The molecule has 29 heavy (non-hydrogen) atoms. The highest BCUT2D eigenvalue weighted by molar-refractivity contribution is 14.0. The molecule has 7 nitrogen and oxygen atoms in total. The molecule has 166 valence electrons. The molecular weight excluding hydrogens is 505 g/mol. The minimum atomic E-state index is -3.18. The van der Waals surface area contributed by atoms with Crippen LogP contribution < -0.4 is 15.4 Å². The van der Waals surface area contributed by atoms with E-state index in [-0.39, 0.29) is 36.6 Å². The fourth-order valence-corrected chi connectivity index (χ4v) is 2.96. The molecular formula is C20H34IN3O4S. The van der Waals surface area contributed by atoms with E-state index in [0.717, 1.165) is 29.9 Å². The summed E-state index contributed by atoms with van der Waals surface area (Å²) in [5.74, 6) is 1.40. The van der Waals surface area contributed by atoms with Crippen molar-refractivity contribution >= 4 is 39.8 Å². The summed E-state index contributed by atoms with van der Waals surface area (Å²) in [5.41, 5.74) is 2.11. The number of nitrogens with zero attached hydrogens (tertiary/aromatic N) is 1. The average molecular weight is 539 g/mol. The summed E-state index contributed by atoms with van der Waals surface area (Å²) in [5, 5.41) is 6.30. The van der Waals surface area contributed by atoms with Crippen LogP contribution >= 0.6 is 24.0 Å². The second-order valence-electron chi connectivity index (χ2n) is 7.80. The molecule has 0 aliphatic carbocycles. The molecule has 1 aromatic rings. The topological polar surface area (TPSA) is 89.0 Å². The Morgan fingerprint density at radius 2 is 2.07 bits per heavy atom. The van der Waals surface area contributed by atoms with Crippen molar-refractivity contribution in [3.05, 3.63) is 29.3 Å². The van der Waals surface area contributed by atoms with Gasteiger partial charge in [-0.05, 0) is 39.3 Å². The third kappa shape index (κ3) is 7.93. The van der Waals surface area contributed by atoms with Gasteiger partial charge in [0.2, 0.25) is 0 Å². The lowest BCUT2D eigenvalue weighted by atomic mass is 10.1. The van der Waals surface area contributed by atoms with Crippen LogP contribution in [0, 0.1) is 6.92 Å². The van der Waals surface area contributed by atoms with Crippen molar-refractivity contribution in [1.29, 1.82) is 0 Å². The van der Waals surface area contributed by atoms with Gasteiger partial charge in [0.25, 0.3) is 0 Å². The summed E-state index contributed by atoms with van der Waals surface area (Å²) in [6, 6.07) is 6.08. The molecule has 1 aliphatic heterocycles. The molecule has 1 aliphatic rings. The van der Waals surface area contributed by atoms with Crippen molar-refractivity contribution in [3.63, 3.8) is 0 Å². The van der Waals surface area contributed by atoms with Crippen molar-refractivity contribution in [2.45, 2.75) is 51.5 Å². The number of hydrogen-bond acceptors (Lipinski definition) is 5. The number of benzene rings is 1. The van der Waals surface area contributed by atoms with Gasteiger partial charge in [-0.15, -0.1) is 24.0 Å². The largest absolute Gasteiger partial charge is 0.488 e. The van der Waals surface area contributed by atoms with Gasteiger partial charge >= 0.3 is 0 Å². The highest BCUT2D eigenvalue weighted by atomic mass is 127. The highest BCUT2D eigenvalue weighted by Crippen LogP contribution is 2.24. The number of aliphatic imine (C=N–C) groups is 1. The predicted octanol–water partition coefficient (Wildman–Crippen LogP) is 2.66. The second-order valence-corrected chi connectivity index (χ2v) is 10.4. The Balaban J connectivity index is 0.00000420. The van der Waals surface area contributed by atoms with Crippen molar-refractivity contribution in [2.24, 2.45) is 4.99 Å². The monoisotopic (exact) mass is 539 g/mol. The van der Waals surface area contributed by atoms with Gasteiger partial charge in [0, 0.05) is 31.3 Å². The normalized spacial score (nSPS) is 17.6. The van der Waals surface area contributed by atoms with E-state index in [0.29, 0.717) is 25.7 Å². The first kappa shape index (κ1) is 26.0. The smallest absolute Gasteiger partial charge is 0.191 e. The zero-order chi connectivity index (χ0) is 20.8. The van der Waals surface area contributed by atoms with Crippen LogP contribution in [0.15, 0.2) is 23.2 Å². The van der Waals surface area contributed by atoms with E-state index < -0.39 is 14.6 Å². The lowest BCUT2D eigenvalue weighted by Gasteiger charge is -2.24. The van der Waals surface area contributed by atoms with Crippen molar-refractivity contribution in [2.75, 3.05) is 32.6 Å². The van der Waals surface area contributed by atoms with E-state index in [1.54, 1.807) is 13.8 Å². The van der Waals surface area contributed by atoms with Gasteiger partial charge in [-0.3, -0.25) is 0 Å². The van der Waals surface area contributed by atoms with Crippen LogP contribution in [-0.2, 0) is 21.1 Å². The van der Waals surface area contributed by atoms with E-state index in [9.17, 15) is 8.42 Å². The van der Waals surface area contributed by atoms with Gasteiger partial charge < -0.3 is 20.1 Å². The van der Waals surface area contributed by atoms with Gasteiger partial charge in [-0.25, -0.2) is 13.4 Å². The number of ether oxygens (including phenoxy) is 2. The Labute approximate surface area is 192 Å². The maximum Gasteiger partial charge on any atom is 0.191 e. The number of hydrogen-bond donors (Lipinski definition) is 2. The number of nitrogens with one attached hydrogen (secondary N) is 2. The standard InChI is InChI=1S/C20H33N3O4S.HI/c1-6-21-19(23-14-20(3,4)28(5,24)25)22-12-16-8-7-15(2)11-18(16)27-17-9-10-26-13-17;/h7-8,11,17H,6,9-10,12-14H2,1-5H3,(H2,21,22,23);1H. The maximum absolute atomic E-state index is 11.9. The Bertz CT molecular complexity index is 791. The quantitative estimate of drug-likeness (QED) is 0.300. The van der Waals surface area contributed by atoms with E-state index in [2.05, 4.69) is 15.6 Å².